The predicted octanol–water partition coefficient (Wildman–Crippen LogP) is 3.47. The largest absolute Gasteiger partial charge is 0.493 e. The van der Waals surface area contributed by atoms with Crippen LogP contribution in [-0.2, 0) is 13.1 Å². The molecule has 2 aromatic carbocycles. The summed E-state index contributed by atoms with van der Waals surface area (Å²) in [4.78, 5) is 2.12. The average Bonchev–Trinajstić information content (AvgIpc) is 3.08. The summed E-state index contributed by atoms with van der Waals surface area (Å²) in [5, 5.41) is 10.5. The van der Waals surface area contributed by atoms with E-state index in [2.05, 4.69) is 4.90 Å². The van der Waals surface area contributed by atoms with Crippen LogP contribution in [0.15, 0.2) is 30.3 Å². The molecule has 0 unspecified atom stereocenters. The number of nitrogens with zero attached hydrogens (tertiary/aromatic N) is 1. The second kappa shape index (κ2) is 8.69. The molecule has 1 aliphatic heterocycles. The Morgan fingerprint density at radius 3 is 2.44 bits per heavy atom. The van der Waals surface area contributed by atoms with E-state index in [9.17, 15) is 5.11 Å². The highest BCUT2D eigenvalue weighted by Gasteiger charge is 2.19. The quantitative estimate of drug-likeness (QED) is 0.741. The zero-order valence-corrected chi connectivity index (χ0v) is 16.5. The van der Waals surface area contributed by atoms with Gasteiger partial charge in [0.05, 0.1) is 20.3 Å². The molecule has 1 atom stereocenters. The van der Waals surface area contributed by atoms with Gasteiger partial charge in [0, 0.05) is 30.7 Å². The van der Waals surface area contributed by atoms with E-state index < -0.39 is 6.10 Å². The first-order chi connectivity index (χ1) is 13.0. The number of fused-ring (bicyclic) bond motifs is 1. The monoisotopic (exact) mass is 393 g/mol. The molecule has 1 aliphatic rings. The predicted molar refractivity (Wildman–Crippen MR) is 103 cm³/mol. The highest BCUT2D eigenvalue weighted by molar-refractivity contribution is 6.31. The number of methoxy groups -OCH3 is 2. The third-order valence-electron chi connectivity index (χ3n) is 4.31. The Balaban J connectivity index is 1.80. The second-order valence-electron chi connectivity index (χ2n) is 6.50. The lowest BCUT2D eigenvalue weighted by molar-refractivity contribution is 0.118. The van der Waals surface area contributed by atoms with Crippen LogP contribution in [-0.4, -0.2) is 43.7 Å². The molecule has 1 heterocycles. The van der Waals surface area contributed by atoms with Gasteiger partial charge in [0.1, 0.15) is 0 Å². The number of rotatable bonds is 8. The van der Waals surface area contributed by atoms with E-state index in [4.69, 9.17) is 30.5 Å². The molecule has 0 spiro atoms. The second-order valence-corrected chi connectivity index (χ2v) is 6.91. The van der Waals surface area contributed by atoms with E-state index in [-0.39, 0.29) is 6.79 Å². The summed E-state index contributed by atoms with van der Waals surface area (Å²) in [6, 6.07) is 9.47. The van der Waals surface area contributed by atoms with Crippen LogP contribution in [0.3, 0.4) is 0 Å². The van der Waals surface area contributed by atoms with Crippen LogP contribution in [0.5, 0.6) is 23.0 Å². The Bertz CT molecular complexity index is 796. The van der Waals surface area contributed by atoms with Gasteiger partial charge in [-0.3, -0.25) is 4.90 Å². The summed E-state index contributed by atoms with van der Waals surface area (Å²) >= 11 is 6.42. The number of hydrogen-bond acceptors (Lipinski definition) is 6. The zero-order chi connectivity index (χ0) is 19.4. The van der Waals surface area contributed by atoms with Crippen LogP contribution in [0.2, 0.25) is 5.02 Å². The van der Waals surface area contributed by atoms with E-state index in [0.717, 1.165) is 11.1 Å². The first kappa shape index (κ1) is 19.6. The topological polar surface area (TPSA) is 60.4 Å². The number of aliphatic hydroxyl groups excluding tert-OH is 1. The van der Waals surface area contributed by atoms with Gasteiger partial charge < -0.3 is 24.1 Å². The fourth-order valence-corrected chi connectivity index (χ4v) is 3.33. The van der Waals surface area contributed by atoms with Gasteiger partial charge in [0.25, 0.3) is 0 Å². The van der Waals surface area contributed by atoms with E-state index >= 15 is 0 Å². The highest BCUT2D eigenvalue weighted by Crippen LogP contribution is 2.37. The molecular weight excluding hydrogens is 370 g/mol. The molecule has 0 bridgehead atoms. The first-order valence-electron chi connectivity index (χ1n) is 8.69. The van der Waals surface area contributed by atoms with E-state index in [0.29, 0.717) is 47.7 Å². The maximum absolute atomic E-state index is 9.92. The summed E-state index contributed by atoms with van der Waals surface area (Å²) in [6.45, 7) is 3.66. The van der Waals surface area contributed by atoms with Crippen LogP contribution in [0.1, 0.15) is 18.1 Å². The SMILES string of the molecule is COc1ccc(CN(Cc2cc3c(cc2Cl)OCO3)C[C@H](C)O)cc1OC. The fraction of sp³-hybridized carbons (Fsp3) is 0.400. The smallest absolute Gasteiger partial charge is 0.231 e. The van der Waals surface area contributed by atoms with Crippen molar-refractivity contribution in [2.75, 3.05) is 27.6 Å². The minimum Gasteiger partial charge on any atom is -0.493 e. The molecule has 2 aromatic rings. The molecule has 0 saturated heterocycles. The Morgan fingerprint density at radius 1 is 1.07 bits per heavy atom. The number of hydrogen-bond donors (Lipinski definition) is 1. The zero-order valence-electron chi connectivity index (χ0n) is 15.7. The molecule has 1 N–H and O–H groups in total. The molecule has 27 heavy (non-hydrogen) atoms. The summed E-state index contributed by atoms with van der Waals surface area (Å²) in [5.74, 6) is 2.71. The van der Waals surface area contributed by atoms with Crippen LogP contribution < -0.4 is 18.9 Å². The molecule has 0 radical (unpaired) electrons. The van der Waals surface area contributed by atoms with Crippen molar-refractivity contribution in [3.8, 4) is 23.0 Å². The molecule has 0 saturated carbocycles. The van der Waals surface area contributed by atoms with Gasteiger partial charge in [0.15, 0.2) is 23.0 Å². The number of aliphatic hydroxyl groups is 1. The van der Waals surface area contributed by atoms with Gasteiger partial charge in [-0.25, -0.2) is 0 Å². The molecular formula is C20H24ClNO5. The van der Waals surface area contributed by atoms with Crippen molar-refractivity contribution in [1.29, 1.82) is 0 Å². The van der Waals surface area contributed by atoms with Crippen molar-refractivity contribution >= 4 is 11.6 Å². The molecule has 0 aliphatic carbocycles. The van der Waals surface area contributed by atoms with E-state index in [1.165, 1.54) is 0 Å². The summed E-state index contributed by atoms with van der Waals surface area (Å²) in [5.41, 5.74) is 1.97. The average molecular weight is 394 g/mol. The molecule has 6 nitrogen and oxygen atoms in total. The van der Waals surface area contributed by atoms with Gasteiger partial charge >= 0.3 is 0 Å². The molecule has 0 amide bonds. The van der Waals surface area contributed by atoms with Crippen LogP contribution in [0, 0.1) is 0 Å². The number of halogens is 1. The number of ether oxygens (including phenoxy) is 4. The number of benzene rings is 2. The lowest BCUT2D eigenvalue weighted by atomic mass is 10.1. The maximum Gasteiger partial charge on any atom is 0.231 e. The van der Waals surface area contributed by atoms with Crippen molar-refractivity contribution < 1.29 is 24.1 Å². The molecule has 3 rings (SSSR count). The Labute approximate surface area is 164 Å². The third kappa shape index (κ3) is 4.77. The lowest BCUT2D eigenvalue weighted by Gasteiger charge is -2.25. The van der Waals surface area contributed by atoms with E-state index in [1.54, 1.807) is 27.2 Å². The minimum atomic E-state index is -0.474. The third-order valence-corrected chi connectivity index (χ3v) is 4.66. The fourth-order valence-electron chi connectivity index (χ4n) is 3.12. The van der Waals surface area contributed by atoms with Crippen molar-refractivity contribution in [2.24, 2.45) is 0 Å². The highest BCUT2D eigenvalue weighted by atomic mass is 35.5. The summed E-state index contributed by atoms with van der Waals surface area (Å²) in [6.07, 6.45) is -0.474. The van der Waals surface area contributed by atoms with Crippen molar-refractivity contribution in [2.45, 2.75) is 26.1 Å². The first-order valence-corrected chi connectivity index (χ1v) is 9.07. The van der Waals surface area contributed by atoms with E-state index in [1.807, 2.05) is 24.3 Å². The van der Waals surface area contributed by atoms with Crippen molar-refractivity contribution in [3.63, 3.8) is 0 Å². The molecule has 146 valence electrons. The van der Waals surface area contributed by atoms with Crippen molar-refractivity contribution in [3.05, 3.63) is 46.5 Å². The Hall–Kier alpha value is -2.15. The van der Waals surface area contributed by atoms with Crippen LogP contribution >= 0.6 is 11.6 Å². The molecule has 0 aromatic heterocycles. The van der Waals surface area contributed by atoms with Gasteiger partial charge in [-0.1, -0.05) is 17.7 Å². The van der Waals surface area contributed by atoms with Gasteiger partial charge in [-0.2, -0.15) is 0 Å². The van der Waals surface area contributed by atoms with Gasteiger partial charge in [0.2, 0.25) is 6.79 Å². The summed E-state index contributed by atoms with van der Waals surface area (Å²) in [7, 11) is 3.22. The van der Waals surface area contributed by atoms with Crippen LogP contribution in [0.25, 0.3) is 0 Å². The lowest BCUT2D eigenvalue weighted by Crippen LogP contribution is -2.30. The molecule has 7 heteroatoms. The van der Waals surface area contributed by atoms with Crippen LogP contribution in [0.4, 0.5) is 0 Å². The standard InChI is InChI=1S/C20H24ClNO5/c1-13(23)9-22(10-14-4-5-17(24-2)18(6-14)25-3)11-15-7-19-20(8-16(15)21)27-12-26-19/h4-8,13,23H,9-12H2,1-3H3/t13-/m0/s1. The molecule has 0 fully saturated rings. The Morgan fingerprint density at radius 2 is 1.78 bits per heavy atom. The van der Waals surface area contributed by atoms with Crippen molar-refractivity contribution in [1.82, 2.24) is 4.90 Å². The maximum atomic E-state index is 9.92. The van der Waals surface area contributed by atoms with Gasteiger partial charge in [-0.05, 0) is 36.2 Å². The normalized spacial score (nSPS) is 13.7. The summed E-state index contributed by atoms with van der Waals surface area (Å²) < 4.78 is 21.5. The Kier molecular flexibility index (Phi) is 6.31. The van der Waals surface area contributed by atoms with Gasteiger partial charge in [-0.15, -0.1) is 0 Å². The minimum absolute atomic E-state index is 0.206.